The van der Waals surface area contributed by atoms with Crippen LogP contribution in [0.1, 0.15) is 26.3 Å². The molecule has 5 aromatic carbocycles. The maximum atomic E-state index is 13.0. The molecule has 42 heavy (non-hydrogen) atoms. The number of rotatable bonds is 9. The number of carbonyl (C=O) groups is 3. The van der Waals surface area contributed by atoms with Gasteiger partial charge in [-0.05, 0) is 70.8 Å². The lowest BCUT2D eigenvalue weighted by Gasteiger charge is -2.14. The summed E-state index contributed by atoms with van der Waals surface area (Å²) in [5, 5.41) is 25.0. The first-order valence-electron chi connectivity index (χ1n) is 12.9. The lowest BCUT2D eigenvalue weighted by molar-refractivity contribution is -0.252. The highest BCUT2D eigenvalue weighted by Gasteiger charge is 2.18. The fourth-order valence-electron chi connectivity index (χ4n) is 4.43. The number of carboxylic acids is 1. The molecule has 0 saturated carbocycles. The zero-order valence-corrected chi connectivity index (χ0v) is 22.5. The van der Waals surface area contributed by atoms with Crippen LogP contribution < -0.4 is 10.6 Å². The quantitative estimate of drug-likeness (QED) is 0.109. The smallest absolute Gasteiger partial charge is 0.336 e. The van der Waals surface area contributed by atoms with Gasteiger partial charge >= 0.3 is 5.97 Å². The average molecular weight is 561 g/mol. The number of aromatic carboxylic acids is 1. The Kier molecular flexibility index (Phi) is 9.93. The summed E-state index contributed by atoms with van der Waals surface area (Å²) >= 11 is 0. The summed E-state index contributed by atoms with van der Waals surface area (Å²) in [5.41, 5.74) is 6.41. The van der Waals surface area contributed by atoms with Crippen molar-refractivity contribution in [2.45, 2.75) is 6.61 Å². The van der Waals surface area contributed by atoms with Crippen LogP contribution in [0.5, 0.6) is 0 Å². The third-order valence-electron chi connectivity index (χ3n) is 6.46. The van der Waals surface area contributed by atoms with E-state index in [9.17, 15) is 14.7 Å². The van der Waals surface area contributed by atoms with E-state index in [0.29, 0.717) is 11.3 Å². The molecule has 0 saturated heterocycles. The van der Waals surface area contributed by atoms with Gasteiger partial charge in [-0.2, -0.15) is 0 Å². The number of carboxylic acid groups (broad SMARTS) is 1. The van der Waals surface area contributed by atoms with Gasteiger partial charge in [0.15, 0.2) is 0 Å². The van der Waals surface area contributed by atoms with E-state index in [-0.39, 0.29) is 17.7 Å². The molecule has 0 unspecified atom stereocenters. The summed E-state index contributed by atoms with van der Waals surface area (Å²) in [6.07, 6.45) is 0. The zero-order chi connectivity index (χ0) is 29.9. The normalized spacial score (nSPS) is 10.2. The molecule has 0 aliphatic carbocycles. The maximum absolute atomic E-state index is 13.0. The van der Waals surface area contributed by atoms with Gasteiger partial charge in [-0.3, -0.25) is 10.1 Å². The molecule has 0 radical (unpaired) electrons. The van der Waals surface area contributed by atoms with E-state index in [2.05, 4.69) is 15.5 Å². The second-order valence-corrected chi connectivity index (χ2v) is 9.10. The molecular weight excluding hydrogens is 532 g/mol. The average Bonchev–Trinajstić information content (AvgIpc) is 3.04. The predicted molar refractivity (Wildman–Crippen MR) is 163 cm³/mol. The molecule has 0 bridgehead atoms. The van der Waals surface area contributed by atoms with Crippen LogP contribution in [-0.4, -0.2) is 29.0 Å². The van der Waals surface area contributed by atoms with Gasteiger partial charge in [-0.15, -0.1) is 0 Å². The van der Waals surface area contributed by atoms with Crippen molar-refractivity contribution in [1.29, 1.82) is 0 Å². The highest BCUT2D eigenvalue weighted by molar-refractivity contribution is 6.11. The number of hydrogen-bond acceptors (Lipinski definition) is 6. The number of carbonyl (C=O) groups excluding carboxylic acids is 2. The highest BCUT2D eigenvalue weighted by atomic mass is 17.1. The summed E-state index contributed by atoms with van der Waals surface area (Å²) in [6.45, 7) is 2.01. The summed E-state index contributed by atoms with van der Waals surface area (Å²) in [4.78, 5) is 37.4. The van der Waals surface area contributed by atoms with Crippen LogP contribution in [0.3, 0.4) is 0 Å². The van der Waals surface area contributed by atoms with Crippen molar-refractivity contribution in [3.8, 4) is 22.3 Å². The van der Waals surface area contributed by atoms with Gasteiger partial charge in [0.1, 0.15) is 13.4 Å². The Bertz CT molecular complexity index is 1660. The number of hydrogen-bond donors (Lipinski definition) is 4. The molecule has 5 rings (SSSR count). The van der Waals surface area contributed by atoms with Crippen molar-refractivity contribution in [3.05, 3.63) is 138 Å². The molecule has 1 amide bonds. The number of amides is 1. The van der Waals surface area contributed by atoms with Crippen LogP contribution in [0.2, 0.25) is 0 Å². The van der Waals surface area contributed by atoms with Crippen LogP contribution in [0.15, 0.2) is 121 Å². The van der Waals surface area contributed by atoms with Crippen molar-refractivity contribution in [3.63, 3.8) is 0 Å². The molecule has 0 aliphatic heterocycles. The predicted octanol–water partition coefficient (Wildman–Crippen LogP) is 7.52. The first kappa shape index (κ1) is 29.4. The topological polar surface area (TPSA) is 125 Å². The van der Waals surface area contributed by atoms with E-state index < -0.39 is 11.9 Å². The van der Waals surface area contributed by atoms with E-state index in [1.54, 1.807) is 30.3 Å². The van der Waals surface area contributed by atoms with E-state index in [0.717, 1.165) is 33.6 Å². The van der Waals surface area contributed by atoms with E-state index in [1.807, 2.05) is 85.7 Å². The van der Waals surface area contributed by atoms with Crippen LogP contribution in [0.4, 0.5) is 17.1 Å². The van der Waals surface area contributed by atoms with Gasteiger partial charge in [0.05, 0.1) is 11.1 Å². The van der Waals surface area contributed by atoms with Gasteiger partial charge in [0, 0.05) is 22.6 Å². The van der Waals surface area contributed by atoms with Gasteiger partial charge in [0.25, 0.3) is 5.91 Å². The minimum atomic E-state index is -1.18. The van der Waals surface area contributed by atoms with Gasteiger partial charge in [-0.25, -0.2) is 9.68 Å². The van der Waals surface area contributed by atoms with Gasteiger partial charge in [0.2, 0.25) is 0 Å². The third kappa shape index (κ3) is 7.14. The van der Waals surface area contributed by atoms with Crippen LogP contribution in [-0.2, 0) is 16.3 Å². The lowest BCUT2D eigenvalue weighted by Crippen LogP contribution is -2.16. The Morgan fingerprint density at radius 2 is 1.19 bits per heavy atom. The fraction of sp³-hybridized carbons (Fsp3) is 0.0294. The Morgan fingerprint density at radius 3 is 1.76 bits per heavy atom. The molecule has 0 spiro atoms. The fourth-order valence-corrected chi connectivity index (χ4v) is 4.43. The summed E-state index contributed by atoms with van der Waals surface area (Å²) < 4.78 is 0. The number of anilines is 3. The monoisotopic (exact) mass is 560 g/mol. The molecule has 4 N–H and O–H groups in total. The Morgan fingerprint density at radius 1 is 0.643 bits per heavy atom. The lowest BCUT2D eigenvalue weighted by atomic mass is 9.98. The summed E-state index contributed by atoms with van der Waals surface area (Å²) in [6, 6.07) is 36.9. The van der Waals surface area contributed by atoms with Crippen LogP contribution in [0.25, 0.3) is 22.3 Å². The van der Waals surface area contributed by atoms with Crippen molar-refractivity contribution in [2.75, 3.05) is 10.6 Å². The van der Waals surface area contributed by atoms with Crippen molar-refractivity contribution >= 4 is 35.7 Å². The molecule has 0 aliphatic rings. The number of nitrogens with one attached hydrogen (secondary N) is 2. The van der Waals surface area contributed by atoms with Gasteiger partial charge in [-0.1, -0.05) is 72.8 Å². The largest absolute Gasteiger partial charge is 0.478 e. The van der Waals surface area contributed by atoms with Crippen LogP contribution >= 0.6 is 0 Å². The molecule has 8 nitrogen and oxygen atoms in total. The van der Waals surface area contributed by atoms with E-state index >= 15 is 0 Å². The minimum absolute atomic E-state index is 0.00607. The molecule has 0 fully saturated rings. The molecule has 0 atom stereocenters. The number of benzene rings is 5. The SMILES string of the molecule is C=O.O=C(O)c1cc(-c2ccccc2)ccc1C(=O)Nc1ccc(Nc2ccc(-c3ccccc3)cc2COO)cc1. The maximum Gasteiger partial charge on any atom is 0.336 e. The summed E-state index contributed by atoms with van der Waals surface area (Å²) in [5.74, 6) is -1.69. The van der Waals surface area contributed by atoms with Crippen molar-refractivity contribution in [1.82, 2.24) is 0 Å². The highest BCUT2D eigenvalue weighted by Crippen LogP contribution is 2.29. The molecule has 8 heteroatoms. The third-order valence-corrected chi connectivity index (χ3v) is 6.46. The Hall–Kier alpha value is -5.57. The van der Waals surface area contributed by atoms with E-state index in [1.165, 1.54) is 12.1 Å². The molecule has 5 aromatic rings. The molecule has 0 aromatic heterocycles. The van der Waals surface area contributed by atoms with Gasteiger partial charge < -0.3 is 20.5 Å². The molecule has 0 heterocycles. The standard InChI is InChI=1S/C33H26N2O5.CH2O/c36-32(29-17-11-25(20-30(29)33(37)38)23-9-5-2-6-10-23)35-28-15-13-27(14-16-28)34-31-18-12-24(19-26(31)21-40-39)22-7-3-1-4-8-22;1-2/h1-20,34,39H,21H2,(H,35,36)(H,37,38);1H2. The first-order valence-corrected chi connectivity index (χ1v) is 12.9. The van der Waals surface area contributed by atoms with Crippen molar-refractivity contribution < 1.29 is 29.6 Å². The molecule has 210 valence electrons. The van der Waals surface area contributed by atoms with E-state index in [4.69, 9.17) is 10.1 Å². The minimum Gasteiger partial charge on any atom is -0.478 e. The second-order valence-electron chi connectivity index (χ2n) is 9.10. The Balaban J connectivity index is 0.00000198. The molecular formula is C34H28N2O6. The second kappa shape index (κ2) is 14.2. The Labute approximate surface area is 242 Å². The first-order chi connectivity index (χ1) is 20.5. The zero-order valence-electron chi connectivity index (χ0n) is 22.5. The van der Waals surface area contributed by atoms with Crippen molar-refractivity contribution in [2.24, 2.45) is 0 Å². The summed E-state index contributed by atoms with van der Waals surface area (Å²) in [7, 11) is 0. The van der Waals surface area contributed by atoms with Crippen LogP contribution in [0, 0.1) is 0 Å².